The third-order valence-electron chi connectivity index (χ3n) is 4.31. The number of hydrogen-bond donors (Lipinski definition) is 2. The van der Waals surface area contributed by atoms with Crippen LogP contribution < -0.4 is 10.5 Å². The fourth-order valence-electron chi connectivity index (χ4n) is 3.03. The van der Waals surface area contributed by atoms with E-state index < -0.39 is 0 Å². The summed E-state index contributed by atoms with van der Waals surface area (Å²) in [6, 6.07) is 6.44. The fraction of sp³-hybridized carbons (Fsp3) is 0.562. The van der Waals surface area contributed by atoms with Crippen LogP contribution in [0.5, 0.6) is 5.75 Å². The molecule has 1 saturated heterocycles. The van der Waals surface area contributed by atoms with Crippen molar-refractivity contribution in [3.8, 4) is 5.75 Å². The minimum Gasteiger partial charge on any atom is -0.496 e. The van der Waals surface area contributed by atoms with Crippen molar-refractivity contribution in [2.24, 2.45) is 16.8 Å². The largest absolute Gasteiger partial charge is 0.496 e. The predicted octanol–water partition coefficient (Wildman–Crippen LogP) is 2.41. The van der Waals surface area contributed by atoms with Gasteiger partial charge >= 0.3 is 0 Å². The van der Waals surface area contributed by atoms with Crippen LogP contribution in [0, 0.1) is 5.92 Å². The van der Waals surface area contributed by atoms with Crippen molar-refractivity contribution in [1.82, 2.24) is 4.90 Å². The molecule has 116 valence electrons. The van der Waals surface area contributed by atoms with Gasteiger partial charge in [0.1, 0.15) is 5.75 Å². The summed E-state index contributed by atoms with van der Waals surface area (Å²) in [6.07, 6.45) is 2.48. The summed E-state index contributed by atoms with van der Waals surface area (Å²) in [7, 11) is 1.58. The van der Waals surface area contributed by atoms with Crippen molar-refractivity contribution < 1.29 is 9.94 Å². The third kappa shape index (κ3) is 3.67. The van der Waals surface area contributed by atoms with Crippen LogP contribution in [0.1, 0.15) is 37.8 Å². The summed E-state index contributed by atoms with van der Waals surface area (Å²) in [4.78, 5) is 2.48. The van der Waals surface area contributed by atoms with E-state index >= 15 is 0 Å². The SMILES string of the molecule is COc1ccc(CN2CCC(C)CC2C)cc1C(N)=NO. The number of likely N-dealkylation sites (tertiary alicyclic amines) is 1. The lowest BCUT2D eigenvalue weighted by molar-refractivity contribution is 0.122. The van der Waals surface area contributed by atoms with Gasteiger partial charge in [0.2, 0.25) is 0 Å². The molecule has 0 radical (unpaired) electrons. The monoisotopic (exact) mass is 291 g/mol. The van der Waals surface area contributed by atoms with Crippen molar-refractivity contribution in [3.05, 3.63) is 29.3 Å². The molecule has 0 saturated carbocycles. The molecule has 1 aliphatic rings. The molecule has 1 heterocycles. The van der Waals surface area contributed by atoms with E-state index in [0.717, 1.165) is 24.6 Å². The maximum atomic E-state index is 8.89. The Morgan fingerprint density at radius 1 is 1.48 bits per heavy atom. The highest BCUT2D eigenvalue weighted by Crippen LogP contribution is 2.25. The van der Waals surface area contributed by atoms with E-state index in [4.69, 9.17) is 15.7 Å². The predicted molar refractivity (Wildman–Crippen MR) is 83.8 cm³/mol. The summed E-state index contributed by atoms with van der Waals surface area (Å²) < 4.78 is 5.26. The van der Waals surface area contributed by atoms with Crippen LogP contribution in [0.2, 0.25) is 0 Å². The van der Waals surface area contributed by atoms with Crippen LogP contribution in [0.4, 0.5) is 0 Å². The van der Waals surface area contributed by atoms with Crippen LogP contribution in [0.3, 0.4) is 0 Å². The van der Waals surface area contributed by atoms with E-state index in [-0.39, 0.29) is 5.84 Å². The van der Waals surface area contributed by atoms with Gasteiger partial charge in [-0.1, -0.05) is 18.1 Å². The number of nitrogens with zero attached hydrogens (tertiary/aromatic N) is 2. The van der Waals surface area contributed by atoms with Gasteiger partial charge in [0.05, 0.1) is 12.7 Å². The van der Waals surface area contributed by atoms with Gasteiger partial charge in [-0.2, -0.15) is 0 Å². The van der Waals surface area contributed by atoms with Gasteiger partial charge in [-0.3, -0.25) is 4.90 Å². The van der Waals surface area contributed by atoms with Crippen molar-refractivity contribution in [1.29, 1.82) is 0 Å². The molecule has 1 aliphatic heterocycles. The minimum absolute atomic E-state index is 0.0778. The Hall–Kier alpha value is -1.75. The molecule has 3 N–H and O–H groups in total. The van der Waals surface area contributed by atoms with Crippen LogP contribution in [0.25, 0.3) is 0 Å². The average Bonchev–Trinajstić information content (AvgIpc) is 2.49. The van der Waals surface area contributed by atoms with Crippen molar-refractivity contribution in [2.45, 2.75) is 39.3 Å². The lowest BCUT2D eigenvalue weighted by Crippen LogP contribution is -2.39. The Bertz CT molecular complexity index is 516. The molecule has 5 nitrogen and oxygen atoms in total. The zero-order chi connectivity index (χ0) is 15.4. The van der Waals surface area contributed by atoms with Crippen molar-refractivity contribution >= 4 is 5.84 Å². The number of oxime groups is 1. The van der Waals surface area contributed by atoms with E-state index in [1.165, 1.54) is 12.8 Å². The Morgan fingerprint density at radius 3 is 2.86 bits per heavy atom. The molecule has 2 unspecified atom stereocenters. The number of methoxy groups -OCH3 is 1. The van der Waals surface area contributed by atoms with Gasteiger partial charge < -0.3 is 15.7 Å². The lowest BCUT2D eigenvalue weighted by Gasteiger charge is -2.36. The normalized spacial score (nSPS) is 24.0. The second kappa shape index (κ2) is 6.80. The van der Waals surface area contributed by atoms with Crippen molar-refractivity contribution in [3.63, 3.8) is 0 Å². The van der Waals surface area contributed by atoms with Crippen LogP contribution >= 0.6 is 0 Å². The third-order valence-corrected chi connectivity index (χ3v) is 4.31. The van der Waals surface area contributed by atoms with Crippen LogP contribution in [-0.2, 0) is 6.54 Å². The Kier molecular flexibility index (Phi) is 5.07. The summed E-state index contributed by atoms with van der Waals surface area (Å²) in [6.45, 7) is 6.60. The van der Waals surface area contributed by atoms with Crippen molar-refractivity contribution in [2.75, 3.05) is 13.7 Å². The number of amidine groups is 1. The Morgan fingerprint density at radius 2 is 2.24 bits per heavy atom. The van der Waals surface area contributed by atoms with E-state index in [9.17, 15) is 0 Å². The van der Waals surface area contributed by atoms with Gasteiger partial charge in [0.25, 0.3) is 0 Å². The summed E-state index contributed by atoms with van der Waals surface area (Å²) in [5, 5.41) is 12.0. The molecule has 1 aromatic rings. The average molecular weight is 291 g/mol. The van der Waals surface area contributed by atoms with Gasteiger partial charge in [0, 0.05) is 12.6 Å². The first-order chi connectivity index (χ1) is 10.0. The Balaban J connectivity index is 2.17. The van der Waals surface area contributed by atoms with Gasteiger partial charge in [-0.25, -0.2) is 0 Å². The number of ether oxygens (including phenoxy) is 1. The molecular weight excluding hydrogens is 266 g/mol. The maximum absolute atomic E-state index is 8.89. The van der Waals surface area contributed by atoms with E-state index in [0.29, 0.717) is 17.4 Å². The number of nitrogens with two attached hydrogens (primary N) is 1. The second-order valence-corrected chi connectivity index (χ2v) is 5.97. The number of benzene rings is 1. The summed E-state index contributed by atoms with van der Waals surface area (Å²) >= 11 is 0. The number of piperidine rings is 1. The maximum Gasteiger partial charge on any atom is 0.173 e. The topological polar surface area (TPSA) is 71.1 Å². The molecule has 0 aliphatic carbocycles. The molecule has 0 bridgehead atoms. The minimum atomic E-state index is 0.0778. The molecule has 2 rings (SSSR count). The first-order valence-corrected chi connectivity index (χ1v) is 7.44. The quantitative estimate of drug-likeness (QED) is 0.387. The zero-order valence-corrected chi connectivity index (χ0v) is 13.0. The van der Waals surface area contributed by atoms with Gasteiger partial charge in [-0.05, 0) is 49.9 Å². The summed E-state index contributed by atoms with van der Waals surface area (Å²) in [5.74, 6) is 1.50. The van der Waals surface area contributed by atoms with E-state index in [1.54, 1.807) is 7.11 Å². The highest BCUT2D eigenvalue weighted by molar-refractivity contribution is 5.99. The lowest BCUT2D eigenvalue weighted by atomic mass is 9.93. The number of hydrogen-bond acceptors (Lipinski definition) is 4. The molecule has 0 amide bonds. The van der Waals surface area contributed by atoms with E-state index in [1.807, 2.05) is 18.2 Å². The standard InChI is InChI=1S/C16H25N3O2/c1-11-6-7-19(12(2)8-11)10-13-4-5-15(21-3)14(9-13)16(17)18-20/h4-5,9,11-12,20H,6-8,10H2,1-3H3,(H2,17,18). The first-order valence-electron chi connectivity index (χ1n) is 7.44. The first kappa shape index (κ1) is 15.6. The summed E-state index contributed by atoms with van der Waals surface area (Å²) in [5.41, 5.74) is 7.51. The smallest absolute Gasteiger partial charge is 0.173 e. The molecule has 21 heavy (non-hydrogen) atoms. The molecule has 0 aromatic heterocycles. The highest BCUT2D eigenvalue weighted by Gasteiger charge is 2.23. The van der Waals surface area contributed by atoms with Crippen LogP contribution in [0.15, 0.2) is 23.4 Å². The molecular formula is C16H25N3O2. The molecule has 2 atom stereocenters. The Labute approximate surface area is 126 Å². The molecule has 0 spiro atoms. The van der Waals surface area contributed by atoms with Crippen LogP contribution in [-0.4, -0.2) is 35.6 Å². The zero-order valence-electron chi connectivity index (χ0n) is 13.0. The highest BCUT2D eigenvalue weighted by atomic mass is 16.5. The van der Waals surface area contributed by atoms with Gasteiger partial charge in [0.15, 0.2) is 5.84 Å². The molecule has 5 heteroatoms. The molecule has 1 aromatic carbocycles. The van der Waals surface area contributed by atoms with Gasteiger partial charge in [-0.15, -0.1) is 0 Å². The second-order valence-electron chi connectivity index (χ2n) is 5.97. The molecule has 1 fully saturated rings. The van der Waals surface area contributed by atoms with E-state index in [2.05, 4.69) is 23.9 Å². The number of rotatable bonds is 4. The fourth-order valence-corrected chi connectivity index (χ4v) is 3.03.